The van der Waals surface area contributed by atoms with Crippen LogP contribution in [0, 0.1) is 0 Å². The second-order valence-corrected chi connectivity index (χ2v) is 6.83. The first-order valence-corrected chi connectivity index (χ1v) is 9.79. The van der Waals surface area contributed by atoms with Crippen molar-refractivity contribution in [2.24, 2.45) is 0 Å². The van der Waals surface area contributed by atoms with Crippen molar-refractivity contribution in [3.8, 4) is 0 Å². The van der Waals surface area contributed by atoms with Crippen LogP contribution >= 0.6 is 0 Å². The van der Waals surface area contributed by atoms with Crippen molar-refractivity contribution in [3.05, 3.63) is 0 Å². The van der Waals surface area contributed by atoms with Gasteiger partial charge in [0.25, 0.3) is 0 Å². The molecule has 0 aromatic heterocycles. The molecule has 0 aliphatic carbocycles. The first-order chi connectivity index (χ1) is 8.73. The topological polar surface area (TPSA) is 239 Å². The van der Waals surface area contributed by atoms with Crippen molar-refractivity contribution in [3.63, 3.8) is 0 Å². The highest BCUT2D eigenvalue weighted by atomic mass is 32.2. The molecule has 21 heavy (non-hydrogen) atoms. The zero-order chi connectivity index (χ0) is 19.1. The van der Waals surface area contributed by atoms with E-state index < -0.39 is 36.3 Å². The molecule has 0 bridgehead atoms. The Hall–Kier alpha value is -0.840. The minimum absolute atomic E-state index is 0. The standard InChI is InChI=1S/C2H4O2.CH5N.3CH4O3S/c1-2(3)4;1-2;3*1-5(2,3)4/h1H3,(H,3,4);2H2,1H3;3*1H3,(H,2,3,4). The van der Waals surface area contributed by atoms with Crippen LogP contribution in [0.2, 0.25) is 0 Å². The van der Waals surface area contributed by atoms with Gasteiger partial charge in [-0.15, -0.1) is 0 Å². The van der Waals surface area contributed by atoms with Gasteiger partial charge in [0.15, 0.2) is 0 Å². The molecule has 0 aliphatic heterocycles. The van der Waals surface area contributed by atoms with Crippen molar-refractivity contribution in [1.82, 2.24) is 0 Å². The molecule has 3 N–H and O–H groups in total. The normalized spacial score (nSPS) is 9.76. The summed E-state index contributed by atoms with van der Waals surface area (Å²) >= 11 is 0. The summed E-state index contributed by atoms with van der Waals surface area (Å²) in [5, 5.41) is 8.89. The van der Waals surface area contributed by atoms with Gasteiger partial charge in [0.1, 0.15) is 0 Å². The number of carbonyl (C=O) groups excluding carboxylic acids is 1. The molecule has 0 radical (unpaired) electrons. The van der Waals surface area contributed by atoms with Crippen LogP contribution in [0.1, 0.15) is 11.2 Å². The Bertz CT molecular complexity index is 444. The minimum atomic E-state index is -3.92. The van der Waals surface area contributed by atoms with Gasteiger partial charge < -0.3 is 29.3 Å². The maximum absolute atomic E-state index is 9.08. The monoisotopic (exact) mass is 379 g/mol. The molecule has 0 amide bonds. The molecule has 0 aromatic rings. The summed E-state index contributed by atoms with van der Waals surface area (Å²) in [5.74, 6) is -1.08. The van der Waals surface area contributed by atoms with E-state index in [2.05, 4.69) is 5.73 Å². The molecule has 0 fully saturated rings. The number of carboxylic acid groups (broad SMARTS) is 1. The number of hydrogen-bond donors (Lipinski definition) is 1. The van der Waals surface area contributed by atoms with Crippen molar-refractivity contribution < 1.29 is 58.8 Å². The summed E-state index contributed by atoms with van der Waals surface area (Å²) in [6.45, 7) is 0.972. The van der Waals surface area contributed by atoms with Gasteiger partial charge in [0, 0.05) is 24.7 Å². The molecule has 0 rings (SSSR count). The molecule has 134 valence electrons. The third kappa shape index (κ3) is 8000. The number of carboxylic acids is 1. The lowest BCUT2D eigenvalue weighted by Crippen LogP contribution is -2.40. The molecule has 0 saturated heterocycles. The Kier molecular flexibility index (Phi) is 23.8. The lowest BCUT2D eigenvalue weighted by atomic mass is 10.9. The SMILES string of the molecule is CC(=O)[O-].CS(=O)(=O)[O-].CS(=O)(=O)[O-].CS(=O)(=O)[O-].C[NH3+].[H+].[H+].[H+]. The van der Waals surface area contributed by atoms with Gasteiger partial charge in [-0.1, -0.05) is 0 Å². The molecular formula is C6H21NO11S3. The predicted octanol–water partition coefficient (Wildman–Crippen LogP) is -4.56. The number of rotatable bonds is 0. The van der Waals surface area contributed by atoms with E-state index in [1.54, 1.807) is 7.05 Å². The molecule has 15 heteroatoms. The molecule has 0 spiro atoms. The van der Waals surface area contributed by atoms with Crippen molar-refractivity contribution >= 4 is 36.3 Å². The first-order valence-electron chi connectivity index (χ1n) is 4.34. The Balaban J connectivity index is -0.0000000221. The largest absolute Gasteiger partial charge is 1.00 e. The Labute approximate surface area is 128 Å². The van der Waals surface area contributed by atoms with Crippen LogP contribution in [0.3, 0.4) is 0 Å². The van der Waals surface area contributed by atoms with Gasteiger partial charge in [0.2, 0.25) is 0 Å². The molecule has 0 atom stereocenters. The second kappa shape index (κ2) is 15.5. The summed E-state index contributed by atoms with van der Waals surface area (Å²) < 4.78 is 81.7. The predicted molar refractivity (Wildman–Crippen MR) is 69.7 cm³/mol. The molecule has 0 heterocycles. The van der Waals surface area contributed by atoms with E-state index in [0.717, 1.165) is 6.92 Å². The van der Waals surface area contributed by atoms with Crippen LogP contribution in [0.5, 0.6) is 0 Å². The summed E-state index contributed by atoms with van der Waals surface area (Å²) in [6, 6.07) is 0. The summed E-state index contributed by atoms with van der Waals surface area (Å²) in [4.78, 5) is 8.89. The van der Waals surface area contributed by atoms with E-state index in [9.17, 15) is 0 Å². The van der Waals surface area contributed by atoms with Crippen molar-refractivity contribution in [2.75, 3.05) is 25.8 Å². The van der Waals surface area contributed by atoms with Crippen LogP contribution in [0.25, 0.3) is 0 Å². The number of aliphatic carboxylic acids is 1. The van der Waals surface area contributed by atoms with E-state index in [1.807, 2.05) is 0 Å². The van der Waals surface area contributed by atoms with E-state index >= 15 is 0 Å². The number of hydrogen-bond acceptors (Lipinski definition) is 11. The van der Waals surface area contributed by atoms with Crippen molar-refractivity contribution in [2.45, 2.75) is 6.92 Å². The average Bonchev–Trinajstić information content (AvgIpc) is 1.94. The van der Waals surface area contributed by atoms with Gasteiger partial charge in [0.05, 0.1) is 37.4 Å². The number of quaternary nitrogens is 1. The van der Waals surface area contributed by atoms with E-state index in [-0.39, 0.29) is 4.28 Å². The molecule has 12 nitrogen and oxygen atoms in total. The van der Waals surface area contributed by atoms with Gasteiger partial charge in [-0.2, -0.15) is 0 Å². The zero-order valence-electron chi connectivity index (χ0n) is 14.9. The first kappa shape index (κ1) is 32.2. The van der Waals surface area contributed by atoms with Gasteiger partial charge >= 0.3 is 4.28 Å². The summed E-state index contributed by atoms with van der Waals surface area (Å²) in [7, 11) is -10.0. The fourth-order valence-corrected chi connectivity index (χ4v) is 0. The lowest BCUT2D eigenvalue weighted by molar-refractivity contribution is -0.325. The Morgan fingerprint density at radius 2 is 0.762 bits per heavy atom. The van der Waals surface area contributed by atoms with E-state index in [0.29, 0.717) is 18.8 Å². The summed E-state index contributed by atoms with van der Waals surface area (Å²) in [6.07, 6.45) is 1.81. The zero-order valence-corrected chi connectivity index (χ0v) is 14.4. The quantitative estimate of drug-likeness (QED) is 0.392. The Morgan fingerprint density at radius 1 is 0.762 bits per heavy atom. The van der Waals surface area contributed by atoms with E-state index in [4.69, 9.17) is 48.8 Å². The van der Waals surface area contributed by atoms with Crippen LogP contribution < -0.4 is 10.8 Å². The lowest BCUT2D eigenvalue weighted by Gasteiger charge is -1.90. The highest BCUT2D eigenvalue weighted by molar-refractivity contribution is 7.85. The minimum Gasteiger partial charge on any atom is -0.748 e. The third-order valence-electron chi connectivity index (χ3n) is 0. The summed E-state index contributed by atoms with van der Waals surface area (Å²) in [5.41, 5.74) is 3.25. The fourth-order valence-electron chi connectivity index (χ4n) is 0. The maximum atomic E-state index is 9.08. The van der Waals surface area contributed by atoms with Crippen LogP contribution in [-0.4, -0.2) is 70.7 Å². The fraction of sp³-hybridized carbons (Fsp3) is 0.833. The van der Waals surface area contributed by atoms with Gasteiger partial charge in [-0.25, -0.2) is 25.3 Å². The molecule has 0 unspecified atom stereocenters. The van der Waals surface area contributed by atoms with E-state index in [1.165, 1.54) is 0 Å². The second-order valence-electron chi connectivity index (χ2n) is 2.60. The molecule has 0 aromatic carbocycles. The van der Waals surface area contributed by atoms with Gasteiger partial charge in [-0.05, 0) is 6.92 Å². The molecular weight excluding hydrogens is 358 g/mol. The molecule has 0 aliphatic rings. The Morgan fingerprint density at radius 3 is 0.762 bits per heavy atom. The van der Waals surface area contributed by atoms with Crippen LogP contribution in [0.4, 0.5) is 0 Å². The smallest absolute Gasteiger partial charge is 0.748 e. The average molecular weight is 379 g/mol. The highest BCUT2D eigenvalue weighted by Gasteiger charge is 1.66. The third-order valence-corrected chi connectivity index (χ3v) is 0. The van der Waals surface area contributed by atoms with Crippen LogP contribution in [-0.2, 0) is 35.1 Å². The number of carbonyl (C=O) groups is 1. The maximum Gasteiger partial charge on any atom is 1.00 e. The highest BCUT2D eigenvalue weighted by Crippen LogP contribution is 1.60. The molecule has 0 saturated carbocycles. The van der Waals surface area contributed by atoms with Crippen molar-refractivity contribution in [1.29, 1.82) is 0 Å². The van der Waals surface area contributed by atoms with Crippen LogP contribution in [0.15, 0.2) is 0 Å². The van der Waals surface area contributed by atoms with Gasteiger partial charge in [-0.3, -0.25) is 0 Å².